The van der Waals surface area contributed by atoms with E-state index in [0.29, 0.717) is 6.42 Å². The van der Waals surface area contributed by atoms with Crippen LogP contribution in [-0.2, 0) is 17.6 Å². The van der Waals surface area contributed by atoms with Crippen LogP contribution in [0.1, 0.15) is 43.4 Å². The molecule has 1 heterocycles. The van der Waals surface area contributed by atoms with Crippen molar-refractivity contribution in [1.82, 2.24) is 0 Å². The van der Waals surface area contributed by atoms with E-state index in [1.54, 1.807) is 11.3 Å². The number of carbonyl (C=O) groups is 1. The van der Waals surface area contributed by atoms with E-state index in [0.717, 1.165) is 19.3 Å². The third kappa shape index (κ3) is 3.93. The maximum atomic E-state index is 11.8. The average Bonchev–Trinajstić information content (AvgIpc) is 2.73. The van der Waals surface area contributed by atoms with Gasteiger partial charge in [0.15, 0.2) is 5.78 Å². The maximum absolute atomic E-state index is 11.8. The smallest absolute Gasteiger partial charge is 0.160 e. The number of aryl methyl sites for hydroxylation is 1. The molecule has 0 aliphatic carbocycles. The Bertz CT molecular complexity index is 368. The van der Waals surface area contributed by atoms with Crippen molar-refractivity contribution in [2.24, 2.45) is 0 Å². The standard InChI is InChI=1S/C14H20OS/c1-4-11(5-2)9-12(15)10-14-8-7-13(6-3)16-14/h7-9H,4-6,10H2,1-3H3. The number of rotatable bonds is 6. The van der Waals surface area contributed by atoms with Gasteiger partial charge in [0.1, 0.15) is 0 Å². The monoisotopic (exact) mass is 236 g/mol. The number of allylic oxidation sites excluding steroid dienone is 2. The zero-order valence-electron chi connectivity index (χ0n) is 10.4. The highest BCUT2D eigenvalue weighted by Crippen LogP contribution is 2.18. The minimum absolute atomic E-state index is 0.239. The first-order chi connectivity index (χ1) is 7.69. The van der Waals surface area contributed by atoms with Crippen LogP contribution in [0.5, 0.6) is 0 Å². The highest BCUT2D eigenvalue weighted by Gasteiger charge is 2.04. The van der Waals surface area contributed by atoms with Crippen molar-refractivity contribution >= 4 is 17.1 Å². The summed E-state index contributed by atoms with van der Waals surface area (Å²) in [4.78, 5) is 14.3. The molecule has 0 amide bonds. The lowest BCUT2D eigenvalue weighted by atomic mass is 10.1. The molecule has 1 nitrogen and oxygen atoms in total. The molecule has 0 aliphatic rings. The van der Waals surface area contributed by atoms with Gasteiger partial charge in [-0.1, -0.05) is 26.3 Å². The van der Waals surface area contributed by atoms with Crippen molar-refractivity contribution in [3.63, 3.8) is 0 Å². The Kier molecular flexibility index (Phi) is 5.47. The Labute approximate surface area is 102 Å². The normalized spacial score (nSPS) is 10.2. The Morgan fingerprint density at radius 1 is 1.19 bits per heavy atom. The first-order valence-electron chi connectivity index (χ1n) is 5.99. The lowest BCUT2D eigenvalue weighted by molar-refractivity contribution is -0.114. The summed E-state index contributed by atoms with van der Waals surface area (Å²) in [6, 6.07) is 4.20. The van der Waals surface area contributed by atoms with Crippen molar-refractivity contribution in [3.05, 3.63) is 33.5 Å². The van der Waals surface area contributed by atoms with Crippen LogP contribution in [0.15, 0.2) is 23.8 Å². The van der Waals surface area contributed by atoms with Gasteiger partial charge < -0.3 is 0 Å². The second-order valence-electron chi connectivity index (χ2n) is 3.87. The van der Waals surface area contributed by atoms with Gasteiger partial charge in [-0.15, -0.1) is 11.3 Å². The van der Waals surface area contributed by atoms with E-state index in [4.69, 9.17) is 0 Å². The van der Waals surface area contributed by atoms with Gasteiger partial charge >= 0.3 is 0 Å². The number of ketones is 1. The summed E-state index contributed by atoms with van der Waals surface area (Å²) in [5.74, 6) is 0.239. The molecule has 1 aromatic heterocycles. The summed E-state index contributed by atoms with van der Waals surface area (Å²) < 4.78 is 0. The zero-order valence-corrected chi connectivity index (χ0v) is 11.2. The molecule has 0 saturated carbocycles. The first-order valence-corrected chi connectivity index (χ1v) is 6.81. The van der Waals surface area contributed by atoms with E-state index >= 15 is 0 Å². The molecule has 88 valence electrons. The molecule has 16 heavy (non-hydrogen) atoms. The van der Waals surface area contributed by atoms with Gasteiger partial charge in [0.05, 0.1) is 0 Å². The molecule has 0 aliphatic heterocycles. The Balaban J connectivity index is 2.60. The fourth-order valence-electron chi connectivity index (χ4n) is 1.61. The van der Waals surface area contributed by atoms with Crippen molar-refractivity contribution in [3.8, 4) is 0 Å². The molecule has 0 unspecified atom stereocenters. The highest BCUT2D eigenvalue weighted by atomic mass is 32.1. The third-order valence-electron chi connectivity index (χ3n) is 2.69. The predicted molar refractivity (Wildman–Crippen MR) is 71.1 cm³/mol. The Morgan fingerprint density at radius 3 is 2.31 bits per heavy atom. The van der Waals surface area contributed by atoms with E-state index in [-0.39, 0.29) is 5.78 Å². The quantitative estimate of drug-likeness (QED) is 0.678. The van der Waals surface area contributed by atoms with Crippen LogP contribution in [0.4, 0.5) is 0 Å². The number of thiophene rings is 1. The molecule has 0 N–H and O–H groups in total. The Hall–Kier alpha value is -0.890. The molecule has 0 atom stereocenters. The largest absolute Gasteiger partial charge is 0.294 e. The zero-order chi connectivity index (χ0) is 12.0. The number of hydrogen-bond donors (Lipinski definition) is 0. The average molecular weight is 236 g/mol. The van der Waals surface area contributed by atoms with Gasteiger partial charge in [0, 0.05) is 16.2 Å². The lowest BCUT2D eigenvalue weighted by Gasteiger charge is -1.98. The second-order valence-corrected chi connectivity index (χ2v) is 5.13. The molecule has 0 saturated heterocycles. The van der Waals surface area contributed by atoms with Crippen LogP contribution in [0.3, 0.4) is 0 Å². The molecule has 2 heteroatoms. The van der Waals surface area contributed by atoms with E-state index in [1.165, 1.54) is 15.3 Å². The molecule has 0 fully saturated rings. The molecular formula is C14H20OS. The van der Waals surface area contributed by atoms with E-state index in [9.17, 15) is 4.79 Å². The summed E-state index contributed by atoms with van der Waals surface area (Å²) in [5.41, 5.74) is 1.25. The maximum Gasteiger partial charge on any atom is 0.160 e. The minimum Gasteiger partial charge on any atom is -0.294 e. The van der Waals surface area contributed by atoms with Gasteiger partial charge in [0.2, 0.25) is 0 Å². The van der Waals surface area contributed by atoms with E-state index in [1.807, 2.05) is 6.08 Å². The summed E-state index contributed by atoms with van der Waals surface area (Å²) in [6.45, 7) is 6.34. The summed E-state index contributed by atoms with van der Waals surface area (Å²) in [5, 5.41) is 0. The highest BCUT2D eigenvalue weighted by molar-refractivity contribution is 7.12. The second kappa shape index (κ2) is 6.64. The summed E-state index contributed by atoms with van der Waals surface area (Å²) in [7, 11) is 0. The van der Waals surface area contributed by atoms with Crippen LogP contribution >= 0.6 is 11.3 Å². The van der Waals surface area contributed by atoms with Crippen LogP contribution in [-0.4, -0.2) is 5.78 Å². The van der Waals surface area contributed by atoms with Crippen LogP contribution in [0.25, 0.3) is 0 Å². The fourth-order valence-corrected chi connectivity index (χ4v) is 2.58. The molecule has 0 spiro atoms. The minimum atomic E-state index is 0.239. The molecule has 0 radical (unpaired) electrons. The van der Waals surface area contributed by atoms with Crippen LogP contribution in [0, 0.1) is 0 Å². The molecule has 1 rings (SSSR count). The predicted octanol–water partition coefficient (Wildman–Crippen LogP) is 4.17. The lowest BCUT2D eigenvalue weighted by Crippen LogP contribution is -1.98. The van der Waals surface area contributed by atoms with E-state index < -0.39 is 0 Å². The number of carbonyl (C=O) groups excluding carboxylic acids is 1. The van der Waals surface area contributed by atoms with Gasteiger partial charge in [-0.3, -0.25) is 4.79 Å². The summed E-state index contributed by atoms with van der Waals surface area (Å²) in [6.07, 6.45) is 5.41. The molecule has 0 bridgehead atoms. The SMILES string of the molecule is CCC(=CC(=O)Cc1ccc(CC)s1)CC. The van der Waals surface area contributed by atoms with Gasteiger partial charge in [0.25, 0.3) is 0 Å². The van der Waals surface area contributed by atoms with Crippen molar-refractivity contribution < 1.29 is 4.79 Å². The third-order valence-corrected chi connectivity index (χ3v) is 3.92. The number of hydrogen-bond acceptors (Lipinski definition) is 2. The summed E-state index contributed by atoms with van der Waals surface area (Å²) >= 11 is 1.75. The van der Waals surface area contributed by atoms with Gasteiger partial charge in [-0.2, -0.15) is 0 Å². The fraction of sp³-hybridized carbons (Fsp3) is 0.500. The van der Waals surface area contributed by atoms with Gasteiger partial charge in [-0.25, -0.2) is 0 Å². The Morgan fingerprint density at radius 2 is 1.81 bits per heavy atom. The first kappa shape index (κ1) is 13.2. The van der Waals surface area contributed by atoms with Gasteiger partial charge in [-0.05, 0) is 37.5 Å². The van der Waals surface area contributed by atoms with Crippen molar-refractivity contribution in [2.75, 3.05) is 0 Å². The molecule has 0 aromatic carbocycles. The van der Waals surface area contributed by atoms with E-state index in [2.05, 4.69) is 32.9 Å². The van der Waals surface area contributed by atoms with Crippen molar-refractivity contribution in [1.29, 1.82) is 0 Å². The van der Waals surface area contributed by atoms with Crippen LogP contribution in [0.2, 0.25) is 0 Å². The van der Waals surface area contributed by atoms with Crippen LogP contribution < -0.4 is 0 Å². The molecular weight excluding hydrogens is 216 g/mol. The topological polar surface area (TPSA) is 17.1 Å². The van der Waals surface area contributed by atoms with Crippen molar-refractivity contribution in [2.45, 2.75) is 46.5 Å². The molecule has 1 aromatic rings.